The van der Waals surface area contributed by atoms with E-state index in [0.29, 0.717) is 22.1 Å². The minimum atomic E-state index is -0.476. The van der Waals surface area contributed by atoms with Crippen LogP contribution in [0.4, 0.5) is 0 Å². The maximum Gasteiger partial charge on any atom is 0.252 e. The molecule has 3 aromatic rings. The maximum absolute atomic E-state index is 12.9. The van der Waals surface area contributed by atoms with Crippen molar-refractivity contribution in [2.45, 2.75) is 5.92 Å². The SMILES string of the molecule is COc1cc(Cl)c(/C=N\NC(=O)C(c2ccccc2)c2ccccc2)cc1OC. The van der Waals surface area contributed by atoms with Gasteiger partial charge in [-0.2, -0.15) is 5.10 Å². The number of carbonyl (C=O) groups excluding carboxylic acids is 1. The Balaban J connectivity index is 1.82. The molecule has 0 fully saturated rings. The minimum absolute atomic E-state index is 0.241. The first-order chi connectivity index (χ1) is 14.1. The van der Waals surface area contributed by atoms with E-state index in [9.17, 15) is 4.79 Å². The molecular formula is C23H21ClN2O3. The van der Waals surface area contributed by atoms with Gasteiger partial charge in [0.15, 0.2) is 11.5 Å². The number of methoxy groups -OCH3 is 2. The third-order valence-corrected chi connectivity index (χ3v) is 4.74. The van der Waals surface area contributed by atoms with Crippen LogP contribution in [-0.4, -0.2) is 26.3 Å². The van der Waals surface area contributed by atoms with E-state index in [0.717, 1.165) is 11.1 Å². The number of amides is 1. The lowest BCUT2D eigenvalue weighted by molar-refractivity contribution is -0.121. The molecule has 0 bridgehead atoms. The highest BCUT2D eigenvalue weighted by Gasteiger charge is 2.22. The van der Waals surface area contributed by atoms with Gasteiger partial charge in [0.2, 0.25) is 0 Å². The number of ether oxygens (including phenoxy) is 2. The monoisotopic (exact) mass is 408 g/mol. The topological polar surface area (TPSA) is 59.9 Å². The molecule has 6 heteroatoms. The van der Waals surface area contributed by atoms with E-state index in [1.54, 1.807) is 19.2 Å². The molecule has 0 radical (unpaired) electrons. The van der Waals surface area contributed by atoms with Crippen LogP contribution in [-0.2, 0) is 4.79 Å². The number of carbonyl (C=O) groups is 1. The van der Waals surface area contributed by atoms with E-state index < -0.39 is 5.92 Å². The summed E-state index contributed by atoms with van der Waals surface area (Å²) in [4.78, 5) is 12.9. The van der Waals surface area contributed by atoms with Crippen molar-refractivity contribution in [2.24, 2.45) is 5.10 Å². The summed E-state index contributed by atoms with van der Waals surface area (Å²) in [5.74, 6) is 0.328. The van der Waals surface area contributed by atoms with E-state index in [2.05, 4.69) is 10.5 Å². The number of hydrogen-bond donors (Lipinski definition) is 1. The number of hydrogen-bond acceptors (Lipinski definition) is 4. The quantitative estimate of drug-likeness (QED) is 0.457. The molecule has 0 spiro atoms. The van der Waals surface area contributed by atoms with Crippen LogP contribution in [0.25, 0.3) is 0 Å². The average molecular weight is 409 g/mol. The van der Waals surface area contributed by atoms with E-state index in [1.807, 2.05) is 60.7 Å². The van der Waals surface area contributed by atoms with Crippen molar-refractivity contribution < 1.29 is 14.3 Å². The molecule has 0 unspecified atom stereocenters. The highest BCUT2D eigenvalue weighted by Crippen LogP contribution is 2.32. The van der Waals surface area contributed by atoms with Crippen LogP contribution < -0.4 is 14.9 Å². The third-order valence-electron chi connectivity index (χ3n) is 4.41. The molecule has 0 saturated heterocycles. The normalized spacial score (nSPS) is 10.9. The van der Waals surface area contributed by atoms with Crippen molar-refractivity contribution in [3.05, 3.63) is 94.5 Å². The Bertz CT molecular complexity index is 952. The summed E-state index contributed by atoms with van der Waals surface area (Å²) < 4.78 is 10.5. The molecule has 0 saturated carbocycles. The molecular weight excluding hydrogens is 388 g/mol. The van der Waals surface area contributed by atoms with Crippen molar-refractivity contribution in [3.8, 4) is 11.5 Å². The summed E-state index contributed by atoms with van der Waals surface area (Å²) in [6.07, 6.45) is 1.48. The zero-order valence-electron chi connectivity index (χ0n) is 16.1. The molecule has 3 aromatic carbocycles. The number of hydrazone groups is 1. The standard InChI is InChI=1S/C23H21ClN2O3/c1-28-20-13-18(19(24)14-21(20)29-2)15-25-26-23(27)22(16-9-5-3-6-10-16)17-11-7-4-8-12-17/h3-15,22H,1-2H3,(H,26,27)/b25-15-. The lowest BCUT2D eigenvalue weighted by Gasteiger charge is -2.16. The average Bonchev–Trinajstić information content (AvgIpc) is 2.76. The van der Waals surface area contributed by atoms with Gasteiger partial charge in [-0.1, -0.05) is 72.3 Å². The van der Waals surface area contributed by atoms with E-state index in [-0.39, 0.29) is 5.91 Å². The third kappa shape index (κ3) is 4.95. The summed E-state index contributed by atoms with van der Waals surface area (Å²) >= 11 is 6.27. The fourth-order valence-corrected chi connectivity index (χ4v) is 3.19. The van der Waals surface area contributed by atoms with Gasteiger partial charge in [0.25, 0.3) is 5.91 Å². The highest BCUT2D eigenvalue weighted by molar-refractivity contribution is 6.33. The Morgan fingerprint density at radius 3 is 1.97 bits per heavy atom. The van der Waals surface area contributed by atoms with Gasteiger partial charge >= 0.3 is 0 Å². The zero-order chi connectivity index (χ0) is 20.6. The molecule has 0 aromatic heterocycles. The van der Waals surface area contributed by atoms with E-state index in [4.69, 9.17) is 21.1 Å². The molecule has 0 aliphatic heterocycles. The Labute approximate surface area is 174 Å². The number of nitrogens with one attached hydrogen (secondary N) is 1. The molecule has 1 amide bonds. The zero-order valence-corrected chi connectivity index (χ0v) is 16.9. The summed E-state index contributed by atoms with van der Waals surface area (Å²) in [6, 6.07) is 22.5. The predicted octanol–water partition coefficient (Wildman–Crippen LogP) is 4.64. The number of rotatable bonds is 7. The molecule has 29 heavy (non-hydrogen) atoms. The van der Waals surface area contributed by atoms with Crippen LogP contribution >= 0.6 is 11.6 Å². The van der Waals surface area contributed by atoms with E-state index >= 15 is 0 Å². The van der Waals surface area contributed by atoms with Crippen molar-refractivity contribution in [1.29, 1.82) is 0 Å². The van der Waals surface area contributed by atoms with Gasteiger partial charge in [-0.15, -0.1) is 0 Å². The predicted molar refractivity (Wildman–Crippen MR) is 115 cm³/mol. The van der Waals surface area contributed by atoms with Crippen molar-refractivity contribution in [2.75, 3.05) is 14.2 Å². The largest absolute Gasteiger partial charge is 0.493 e. The van der Waals surface area contributed by atoms with Crippen LogP contribution in [0, 0.1) is 0 Å². The van der Waals surface area contributed by atoms with Gasteiger partial charge < -0.3 is 9.47 Å². The first kappa shape index (κ1) is 20.4. The van der Waals surface area contributed by atoms with E-state index in [1.165, 1.54) is 13.3 Å². The van der Waals surface area contributed by atoms with Crippen LogP contribution in [0.5, 0.6) is 11.5 Å². The first-order valence-corrected chi connectivity index (χ1v) is 9.36. The Kier molecular flexibility index (Phi) is 6.87. The summed E-state index contributed by atoms with van der Waals surface area (Å²) in [5, 5.41) is 4.53. The molecule has 3 rings (SSSR count). The number of halogens is 1. The second-order valence-corrected chi connectivity index (χ2v) is 6.62. The van der Waals surface area contributed by atoms with Crippen LogP contribution in [0.3, 0.4) is 0 Å². The maximum atomic E-state index is 12.9. The molecule has 0 aliphatic rings. The molecule has 1 N–H and O–H groups in total. The smallest absolute Gasteiger partial charge is 0.252 e. The second kappa shape index (κ2) is 9.75. The minimum Gasteiger partial charge on any atom is -0.493 e. The number of nitrogens with zero attached hydrogens (tertiary/aromatic N) is 1. The lowest BCUT2D eigenvalue weighted by atomic mass is 9.91. The summed E-state index contributed by atoms with van der Waals surface area (Å²) in [5.41, 5.74) is 4.99. The van der Waals surface area contributed by atoms with Gasteiger partial charge in [-0.05, 0) is 17.2 Å². The fourth-order valence-electron chi connectivity index (χ4n) is 2.99. The van der Waals surface area contributed by atoms with Crippen LogP contribution in [0.1, 0.15) is 22.6 Å². The van der Waals surface area contributed by atoms with Gasteiger partial charge in [-0.3, -0.25) is 4.79 Å². The van der Waals surface area contributed by atoms with Crippen LogP contribution in [0.2, 0.25) is 5.02 Å². The van der Waals surface area contributed by atoms with Crippen molar-refractivity contribution in [3.63, 3.8) is 0 Å². The van der Waals surface area contributed by atoms with Gasteiger partial charge in [0, 0.05) is 11.6 Å². The second-order valence-electron chi connectivity index (χ2n) is 6.22. The first-order valence-electron chi connectivity index (χ1n) is 8.98. The summed E-state index contributed by atoms with van der Waals surface area (Å²) in [6.45, 7) is 0. The highest BCUT2D eigenvalue weighted by atomic mass is 35.5. The molecule has 0 heterocycles. The molecule has 0 aliphatic carbocycles. The Hall–Kier alpha value is -3.31. The molecule has 0 atom stereocenters. The molecule has 5 nitrogen and oxygen atoms in total. The summed E-state index contributed by atoms with van der Waals surface area (Å²) in [7, 11) is 3.08. The van der Waals surface area contributed by atoms with Gasteiger partial charge in [-0.25, -0.2) is 5.43 Å². The van der Waals surface area contributed by atoms with Crippen molar-refractivity contribution in [1.82, 2.24) is 5.43 Å². The number of benzene rings is 3. The van der Waals surface area contributed by atoms with Crippen molar-refractivity contribution >= 4 is 23.7 Å². The lowest BCUT2D eigenvalue weighted by Crippen LogP contribution is -2.26. The van der Waals surface area contributed by atoms with Gasteiger partial charge in [0.1, 0.15) is 0 Å². The Morgan fingerprint density at radius 1 is 0.931 bits per heavy atom. The van der Waals surface area contributed by atoms with Gasteiger partial charge in [0.05, 0.1) is 31.4 Å². The fraction of sp³-hybridized carbons (Fsp3) is 0.130. The Morgan fingerprint density at radius 2 is 1.45 bits per heavy atom. The van der Waals surface area contributed by atoms with Crippen LogP contribution in [0.15, 0.2) is 77.9 Å². The molecule has 148 valence electrons.